The van der Waals surface area contributed by atoms with Gasteiger partial charge in [-0.05, 0) is 38.4 Å². The molecular weight excluding hydrogens is 545 g/mol. The van der Waals surface area contributed by atoms with Crippen molar-refractivity contribution >= 4 is 42.5 Å². The second kappa shape index (κ2) is 13.6. The number of thioether (sulfide) groups is 1. The van der Waals surface area contributed by atoms with Crippen molar-refractivity contribution in [3.63, 3.8) is 0 Å². The summed E-state index contributed by atoms with van der Waals surface area (Å²) in [4.78, 5) is 58.8. The van der Waals surface area contributed by atoms with Crippen LogP contribution in [0.3, 0.4) is 0 Å². The second-order valence-electron chi connectivity index (χ2n) is 11.0. The monoisotopic (exact) mass is 581 g/mol. The summed E-state index contributed by atoms with van der Waals surface area (Å²) < 4.78 is 11.4. The molecule has 2 aromatic rings. The fourth-order valence-electron chi connectivity index (χ4n) is 5.11. The maximum Gasteiger partial charge on any atom is 0.602 e. The van der Waals surface area contributed by atoms with E-state index in [-0.39, 0.29) is 18.0 Å². The Kier molecular flexibility index (Phi) is 10.2. The zero-order chi connectivity index (χ0) is 29.7. The molecule has 3 heterocycles. The largest absolute Gasteiger partial charge is 0.602 e. The van der Waals surface area contributed by atoms with Gasteiger partial charge >= 0.3 is 19.1 Å². The van der Waals surface area contributed by atoms with E-state index < -0.39 is 60.8 Å². The summed E-state index contributed by atoms with van der Waals surface area (Å²) in [6.45, 7) is 5.31. The minimum atomic E-state index is -1.25. The highest BCUT2D eigenvalue weighted by Crippen LogP contribution is 2.32. The van der Waals surface area contributed by atoms with Gasteiger partial charge in [-0.3, -0.25) is 24.1 Å². The van der Waals surface area contributed by atoms with Gasteiger partial charge in [0.25, 0.3) is 5.91 Å². The predicted octanol–water partition coefficient (Wildman–Crippen LogP) is 2.61. The van der Waals surface area contributed by atoms with Gasteiger partial charge in [0.2, 0.25) is 0 Å². The molecule has 2 N–H and O–H groups in total. The lowest BCUT2D eigenvalue weighted by Gasteiger charge is -2.40. The molecule has 2 fully saturated rings. The number of amides is 1. The number of carbonyl (C=O) groups is 4. The average Bonchev–Trinajstić information content (AvgIpc) is 2.94. The normalized spacial score (nSPS) is 21.7. The first-order valence-corrected chi connectivity index (χ1v) is 15.0. The number of benzene rings is 1. The van der Waals surface area contributed by atoms with E-state index >= 15 is 0 Å². The third-order valence-corrected chi connectivity index (χ3v) is 8.44. The van der Waals surface area contributed by atoms with Gasteiger partial charge in [-0.25, -0.2) is 4.98 Å². The number of hydrogen-bond acceptors (Lipinski definition) is 10. The van der Waals surface area contributed by atoms with Crippen molar-refractivity contribution in [3.8, 4) is 11.3 Å². The Bertz CT molecular complexity index is 1240. The number of aromatic nitrogens is 1. The number of nitrogens with one attached hydrogen (secondary N) is 1. The molecule has 2 saturated heterocycles. The molecule has 0 spiro atoms. The van der Waals surface area contributed by atoms with Crippen molar-refractivity contribution in [1.29, 1.82) is 0 Å². The summed E-state index contributed by atoms with van der Waals surface area (Å²) in [7, 11) is 0.450. The maximum absolute atomic E-state index is 13.6. The van der Waals surface area contributed by atoms with E-state index in [1.807, 2.05) is 44.2 Å². The lowest BCUT2D eigenvalue weighted by atomic mass is 9.64. The SMILES string of the molecule is CC(C)C[C@H](CC(=O)[C@@H](NC(=O)c1cccc(-c2ccccc2)n1)[C@@H](C)O)B1OC(=O)[C@@H]2CSC[C@@H](C(=O)O1)N2C. The number of likely N-dealkylation sites (N-methyl/N-ethyl adjacent to an activating group) is 1. The van der Waals surface area contributed by atoms with Gasteiger partial charge in [-0.1, -0.05) is 50.2 Å². The van der Waals surface area contributed by atoms with Gasteiger partial charge in [0, 0.05) is 29.3 Å². The lowest BCUT2D eigenvalue weighted by molar-refractivity contribution is -0.153. The van der Waals surface area contributed by atoms with Gasteiger partial charge in [0.05, 0.1) is 11.8 Å². The Hall–Kier alpha value is -3.22. The molecule has 0 saturated carbocycles. The summed E-state index contributed by atoms with van der Waals surface area (Å²) in [6.07, 6.45) is -0.981. The summed E-state index contributed by atoms with van der Waals surface area (Å²) in [5, 5.41) is 13.1. The number of fused-ring (bicyclic) bond motifs is 2. The Morgan fingerprint density at radius 3 is 2.27 bits per heavy atom. The molecule has 1 aromatic heterocycles. The third-order valence-electron chi connectivity index (χ3n) is 7.33. The van der Waals surface area contributed by atoms with Crippen LogP contribution in [0.2, 0.25) is 5.82 Å². The molecule has 0 unspecified atom stereocenters. The van der Waals surface area contributed by atoms with Crippen LogP contribution in [0.25, 0.3) is 11.3 Å². The van der Waals surface area contributed by atoms with Crippen LogP contribution in [-0.2, 0) is 23.7 Å². The van der Waals surface area contributed by atoms with Gasteiger partial charge in [0.15, 0.2) is 5.78 Å². The Morgan fingerprint density at radius 1 is 1.05 bits per heavy atom. The molecular formula is C29H36BN3O7S. The standard InChI is InChI=1S/C29H36BN3O7S/c1-17(2)13-20(30-39-28(37)23-15-41-16-24(33(23)4)29(38)40-30)14-25(35)26(18(3)34)32-27(36)22-12-8-11-21(31-22)19-9-6-5-7-10-19/h5-12,17-18,20,23-24,26,34H,13-16H2,1-4H3,(H,32,36)/t18-,20-,23+,24+,26+/m1/s1. The van der Waals surface area contributed by atoms with E-state index in [1.165, 1.54) is 24.8 Å². The smallest absolute Gasteiger partial charge is 0.498 e. The number of ketones is 1. The molecule has 12 heteroatoms. The fraction of sp³-hybridized carbons (Fsp3) is 0.483. The number of aliphatic hydroxyl groups is 1. The molecule has 41 heavy (non-hydrogen) atoms. The number of carbonyl (C=O) groups excluding carboxylic acids is 4. The zero-order valence-corrected chi connectivity index (χ0v) is 24.5. The highest BCUT2D eigenvalue weighted by molar-refractivity contribution is 7.99. The number of hydrogen-bond donors (Lipinski definition) is 2. The molecule has 2 aliphatic rings. The highest BCUT2D eigenvalue weighted by atomic mass is 32.2. The van der Waals surface area contributed by atoms with Crippen molar-refractivity contribution in [2.75, 3.05) is 18.6 Å². The molecule has 10 nitrogen and oxygen atoms in total. The predicted molar refractivity (Wildman–Crippen MR) is 156 cm³/mol. The summed E-state index contributed by atoms with van der Waals surface area (Å²) in [5.74, 6) is -1.69. The van der Waals surface area contributed by atoms with E-state index in [2.05, 4.69) is 10.3 Å². The Morgan fingerprint density at radius 2 is 1.68 bits per heavy atom. The van der Waals surface area contributed by atoms with Crippen molar-refractivity contribution in [2.45, 2.75) is 63.7 Å². The average molecular weight is 582 g/mol. The van der Waals surface area contributed by atoms with Gasteiger partial charge in [-0.15, -0.1) is 0 Å². The van der Waals surface area contributed by atoms with Crippen LogP contribution in [-0.4, -0.2) is 88.5 Å². The van der Waals surface area contributed by atoms with Crippen LogP contribution >= 0.6 is 11.8 Å². The number of pyridine rings is 1. The van der Waals surface area contributed by atoms with Gasteiger partial charge in [-0.2, -0.15) is 11.8 Å². The first-order valence-electron chi connectivity index (χ1n) is 13.8. The topological polar surface area (TPSA) is 135 Å². The first kappa shape index (κ1) is 30.7. The van der Waals surface area contributed by atoms with Crippen molar-refractivity contribution in [2.24, 2.45) is 5.92 Å². The molecule has 5 atom stereocenters. The highest BCUT2D eigenvalue weighted by Gasteiger charge is 2.48. The molecule has 218 valence electrons. The number of nitrogens with zero attached hydrogens (tertiary/aromatic N) is 2. The van der Waals surface area contributed by atoms with Crippen LogP contribution in [0.4, 0.5) is 0 Å². The quantitative estimate of drug-likeness (QED) is 0.403. The van der Waals surface area contributed by atoms with Gasteiger partial charge in [0.1, 0.15) is 23.8 Å². The molecule has 2 aliphatic heterocycles. The fourth-order valence-corrected chi connectivity index (χ4v) is 6.44. The second-order valence-corrected chi connectivity index (χ2v) is 12.1. The number of aliphatic hydroxyl groups excluding tert-OH is 1. The number of Topliss-reactive ketones (excluding diaryl/α,β-unsaturated/α-hetero) is 1. The molecule has 1 aromatic carbocycles. The maximum atomic E-state index is 13.6. The Labute approximate surface area is 244 Å². The van der Waals surface area contributed by atoms with Crippen LogP contribution < -0.4 is 5.32 Å². The number of rotatable bonds is 10. The molecule has 1 amide bonds. The zero-order valence-electron chi connectivity index (χ0n) is 23.7. The minimum Gasteiger partial charge on any atom is -0.498 e. The van der Waals surface area contributed by atoms with Crippen molar-refractivity contribution < 1.29 is 33.6 Å². The minimum absolute atomic E-state index is 0.0814. The molecule has 0 radical (unpaired) electrons. The Balaban J connectivity index is 1.51. The first-order chi connectivity index (χ1) is 19.5. The van der Waals surface area contributed by atoms with E-state index in [1.54, 1.807) is 24.1 Å². The molecule has 0 aliphatic carbocycles. The third kappa shape index (κ3) is 7.55. The van der Waals surface area contributed by atoms with Crippen LogP contribution in [0.1, 0.15) is 44.1 Å². The van der Waals surface area contributed by atoms with Gasteiger partial charge < -0.3 is 19.7 Å². The van der Waals surface area contributed by atoms with Crippen LogP contribution in [0.5, 0.6) is 0 Å². The molecule has 4 rings (SSSR count). The molecule has 2 bridgehead atoms. The summed E-state index contributed by atoms with van der Waals surface area (Å²) >= 11 is 1.49. The van der Waals surface area contributed by atoms with E-state index in [0.717, 1.165) is 5.56 Å². The van der Waals surface area contributed by atoms with Crippen LogP contribution in [0, 0.1) is 5.92 Å². The summed E-state index contributed by atoms with van der Waals surface area (Å²) in [6, 6.07) is 12.0. The van der Waals surface area contributed by atoms with Crippen molar-refractivity contribution in [1.82, 2.24) is 15.2 Å². The van der Waals surface area contributed by atoms with Crippen LogP contribution in [0.15, 0.2) is 48.5 Å². The van der Waals surface area contributed by atoms with Crippen molar-refractivity contribution in [3.05, 3.63) is 54.2 Å². The lowest BCUT2D eigenvalue weighted by Crippen LogP contribution is -2.59. The van der Waals surface area contributed by atoms with E-state index in [4.69, 9.17) is 9.31 Å². The van der Waals surface area contributed by atoms with E-state index in [0.29, 0.717) is 23.6 Å². The van der Waals surface area contributed by atoms with E-state index in [9.17, 15) is 24.3 Å². The summed E-state index contributed by atoms with van der Waals surface area (Å²) in [5.41, 5.74) is 1.52.